The zero-order chi connectivity index (χ0) is 20.8. The molecule has 8 heteroatoms. The van der Waals surface area contributed by atoms with Crippen molar-refractivity contribution in [3.8, 4) is 5.75 Å². The number of amides is 3. The maximum atomic E-state index is 12.6. The quantitative estimate of drug-likeness (QED) is 0.807. The van der Waals surface area contributed by atoms with E-state index in [-0.39, 0.29) is 17.9 Å². The maximum absolute atomic E-state index is 12.6. The van der Waals surface area contributed by atoms with E-state index in [0.717, 1.165) is 5.56 Å². The lowest BCUT2D eigenvalue weighted by Gasteiger charge is -2.33. The number of ether oxygens (including phenoxy) is 1. The molecule has 2 aromatic rings. The molecule has 0 bridgehead atoms. The third kappa shape index (κ3) is 5.60. The van der Waals surface area contributed by atoms with E-state index >= 15 is 0 Å². The molecular formula is C21H25ClN4O3. The van der Waals surface area contributed by atoms with Crippen LogP contribution in [0.1, 0.15) is 18.4 Å². The molecule has 7 nitrogen and oxygen atoms in total. The molecule has 0 aliphatic carbocycles. The van der Waals surface area contributed by atoms with E-state index in [1.54, 1.807) is 54.5 Å². The van der Waals surface area contributed by atoms with Gasteiger partial charge in [0, 0.05) is 56.7 Å². The number of pyridine rings is 1. The highest BCUT2D eigenvalue weighted by molar-refractivity contribution is 6.32. The average molecular weight is 417 g/mol. The van der Waals surface area contributed by atoms with E-state index in [1.807, 2.05) is 12.1 Å². The van der Waals surface area contributed by atoms with Gasteiger partial charge in [-0.25, -0.2) is 4.79 Å². The third-order valence-corrected chi connectivity index (χ3v) is 5.13. The van der Waals surface area contributed by atoms with Crippen molar-refractivity contribution in [2.75, 3.05) is 32.5 Å². The van der Waals surface area contributed by atoms with Crippen molar-refractivity contribution in [2.24, 2.45) is 5.92 Å². The van der Waals surface area contributed by atoms with Crippen molar-refractivity contribution in [3.63, 3.8) is 0 Å². The molecule has 2 heterocycles. The van der Waals surface area contributed by atoms with Crippen molar-refractivity contribution < 1.29 is 14.3 Å². The summed E-state index contributed by atoms with van der Waals surface area (Å²) in [5.74, 6) is 0.368. The Labute approximate surface area is 175 Å². The van der Waals surface area contributed by atoms with Crippen LogP contribution in [0.5, 0.6) is 5.75 Å². The first-order valence-corrected chi connectivity index (χ1v) is 9.90. The number of nitrogens with one attached hydrogen (secondary N) is 1. The first-order valence-electron chi connectivity index (χ1n) is 9.52. The summed E-state index contributed by atoms with van der Waals surface area (Å²) in [4.78, 5) is 32.0. The van der Waals surface area contributed by atoms with E-state index < -0.39 is 0 Å². The second-order valence-corrected chi connectivity index (χ2v) is 7.63. The van der Waals surface area contributed by atoms with Gasteiger partial charge in [0.1, 0.15) is 12.4 Å². The minimum absolute atomic E-state index is 0.0162. The molecule has 1 aromatic carbocycles. The molecule has 1 aliphatic rings. The fourth-order valence-corrected chi connectivity index (χ4v) is 3.44. The van der Waals surface area contributed by atoms with Crippen LogP contribution in [-0.2, 0) is 11.4 Å². The largest absolute Gasteiger partial charge is 0.487 e. The van der Waals surface area contributed by atoms with Crippen molar-refractivity contribution >= 4 is 29.2 Å². The summed E-state index contributed by atoms with van der Waals surface area (Å²) in [6, 6.07) is 8.95. The Balaban J connectivity index is 1.52. The molecule has 3 rings (SSSR count). The van der Waals surface area contributed by atoms with Gasteiger partial charge in [0.25, 0.3) is 0 Å². The van der Waals surface area contributed by atoms with Gasteiger partial charge >= 0.3 is 6.03 Å². The highest BCUT2D eigenvalue weighted by Gasteiger charge is 2.28. The van der Waals surface area contributed by atoms with Crippen LogP contribution in [0, 0.1) is 5.92 Å². The van der Waals surface area contributed by atoms with Crippen LogP contribution < -0.4 is 10.1 Å². The van der Waals surface area contributed by atoms with Crippen LogP contribution in [0.4, 0.5) is 10.5 Å². The molecule has 1 saturated heterocycles. The van der Waals surface area contributed by atoms with Crippen LogP contribution >= 0.6 is 11.6 Å². The molecule has 0 atom stereocenters. The number of piperidine rings is 1. The lowest BCUT2D eigenvalue weighted by Crippen LogP contribution is -2.45. The average Bonchev–Trinajstić information content (AvgIpc) is 2.73. The Bertz CT molecular complexity index is 852. The molecule has 0 radical (unpaired) electrons. The predicted octanol–water partition coefficient (Wildman–Crippen LogP) is 3.65. The van der Waals surface area contributed by atoms with Crippen molar-refractivity contribution in [1.82, 2.24) is 14.8 Å². The monoisotopic (exact) mass is 416 g/mol. The van der Waals surface area contributed by atoms with Crippen molar-refractivity contribution in [3.05, 3.63) is 53.3 Å². The first-order chi connectivity index (χ1) is 13.9. The molecule has 1 N–H and O–H groups in total. The van der Waals surface area contributed by atoms with Crippen molar-refractivity contribution in [2.45, 2.75) is 19.4 Å². The molecule has 29 heavy (non-hydrogen) atoms. The number of hydrogen-bond donors (Lipinski definition) is 1. The molecule has 3 amide bonds. The van der Waals surface area contributed by atoms with E-state index in [4.69, 9.17) is 16.3 Å². The zero-order valence-corrected chi connectivity index (χ0v) is 17.4. The van der Waals surface area contributed by atoms with Crippen LogP contribution in [0.2, 0.25) is 5.02 Å². The van der Waals surface area contributed by atoms with Gasteiger partial charge in [0.05, 0.1) is 5.02 Å². The molecule has 1 fully saturated rings. The number of nitrogens with zero attached hydrogens (tertiary/aromatic N) is 3. The van der Waals surface area contributed by atoms with Crippen LogP contribution in [0.25, 0.3) is 0 Å². The predicted molar refractivity (Wildman–Crippen MR) is 112 cm³/mol. The number of carbonyl (C=O) groups excluding carboxylic acids is 2. The highest BCUT2D eigenvalue weighted by atomic mass is 35.5. The van der Waals surface area contributed by atoms with E-state index in [1.165, 1.54) is 0 Å². The number of carbonyl (C=O) groups is 2. The number of urea groups is 1. The Morgan fingerprint density at radius 3 is 2.66 bits per heavy atom. The molecule has 1 aromatic heterocycles. The number of halogens is 1. The fraction of sp³-hybridized carbons (Fsp3) is 0.381. The van der Waals surface area contributed by atoms with Gasteiger partial charge < -0.3 is 19.9 Å². The van der Waals surface area contributed by atoms with Gasteiger partial charge in [0.15, 0.2) is 0 Å². The van der Waals surface area contributed by atoms with Gasteiger partial charge in [-0.3, -0.25) is 9.78 Å². The number of aromatic nitrogens is 1. The molecule has 0 saturated carbocycles. The second-order valence-electron chi connectivity index (χ2n) is 7.22. The molecule has 0 spiro atoms. The van der Waals surface area contributed by atoms with E-state index in [9.17, 15) is 9.59 Å². The highest BCUT2D eigenvalue weighted by Crippen LogP contribution is 2.29. The lowest BCUT2D eigenvalue weighted by molar-refractivity contribution is -0.121. The van der Waals surface area contributed by atoms with Crippen LogP contribution in [-0.4, -0.2) is 53.9 Å². The normalized spacial score (nSPS) is 14.4. The van der Waals surface area contributed by atoms with Crippen LogP contribution in [0.15, 0.2) is 42.7 Å². The maximum Gasteiger partial charge on any atom is 0.319 e. The topological polar surface area (TPSA) is 74.8 Å². The van der Waals surface area contributed by atoms with Crippen LogP contribution in [0.3, 0.4) is 0 Å². The van der Waals surface area contributed by atoms with Crippen molar-refractivity contribution in [1.29, 1.82) is 0 Å². The summed E-state index contributed by atoms with van der Waals surface area (Å²) in [5.41, 5.74) is 1.57. The molecule has 1 aliphatic heterocycles. The SMILES string of the molecule is CN(C)C(=O)N1CCC(C(=O)Nc2ccc(OCc3cccnc3)c(Cl)c2)CC1. The summed E-state index contributed by atoms with van der Waals surface area (Å²) >= 11 is 6.31. The smallest absolute Gasteiger partial charge is 0.319 e. The number of anilines is 1. The zero-order valence-electron chi connectivity index (χ0n) is 16.6. The van der Waals surface area contributed by atoms with E-state index in [2.05, 4.69) is 10.3 Å². The third-order valence-electron chi connectivity index (χ3n) is 4.84. The molecule has 0 unspecified atom stereocenters. The summed E-state index contributed by atoms with van der Waals surface area (Å²) in [6.07, 6.45) is 4.73. The van der Waals surface area contributed by atoms with Gasteiger partial charge in [-0.05, 0) is 37.1 Å². The van der Waals surface area contributed by atoms with Gasteiger partial charge in [-0.15, -0.1) is 0 Å². The number of hydrogen-bond acceptors (Lipinski definition) is 4. The minimum atomic E-state index is -0.124. The Morgan fingerprint density at radius 2 is 2.03 bits per heavy atom. The number of rotatable bonds is 5. The summed E-state index contributed by atoms with van der Waals surface area (Å²) in [5, 5.41) is 3.35. The summed E-state index contributed by atoms with van der Waals surface area (Å²) in [7, 11) is 3.46. The van der Waals surface area contributed by atoms with Gasteiger partial charge in [0.2, 0.25) is 5.91 Å². The fourth-order valence-electron chi connectivity index (χ4n) is 3.20. The molecular weight excluding hydrogens is 392 g/mol. The second kappa shape index (κ2) is 9.60. The Hall–Kier alpha value is -2.80. The Morgan fingerprint density at radius 1 is 1.28 bits per heavy atom. The lowest BCUT2D eigenvalue weighted by atomic mass is 9.96. The summed E-state index contributed by atoms with van der Waals surface area (Å²) < 4.78 is 5.73. The van der Waals surface area contributed by atoms with Gasteiger partial charge in [-0.2, -0.15) is 0 Å². The van der Waals surface area contributed by atoms with E-state index in [0.29, 0.717) is 49.0 Å². The van der Waals surface area contributed by atoms with Gasteiger partial charge in [-0.1, -0.05) is 17.7 Å². The number of likely N-dealkylation sites (tertiary alicyclic amines) is 1. The standard InChI is InChI=1S/C21H25ClN4O3/c1-25(2)21(28)26-10-7-16(8-11-26)20(27)24-17-5-6-19(18(22)12-17)29-14-15-4-3-9-23-13-15/h3-6,9,12-13,16H,7-8,10-11,14H2,1-2H3,(H,24,27). The first kappa shape index (κ1) is 20.9. The minimum Gasteiger partial charge on any atom is -0.487 e. The summed E-state index contributed by atoms with van der Waals surface area (Å²) in [6.45, 7) is 1.53. The molecule has 154 valence electrons. The Kier molecular flexibility index (Phi) is 6.93. The number of benzene rings is 1.